The van der Waals surface area contributed by atoms with E-state index in [1.807, 2.05) is 18.5 Å². The molecule has 23 heavy (non-hydrogen) atoms. The number of aromatic nitrogens is 3. The molecule has 2 aromatic heterocycles. The Labute approximate surface area is 141 Å². The zero-order chi connectivity index (χ0) is 16.1. The fourth-order valence-corrected chi connectivity index (χ4v) is 2.94. The van der Waals surface area contributed by atoms with Crippen molar-refractivity contribution in [2.75, 3.05) is 13.1 Å². The second-order valence-corrected chi connectivity index (χ2v) is 7.00. The first-order valence-corrected chi connectivity index (χ1v) is 9.00. The Morgan fingerprint density at radius 1 is 1.39 bits per heavy atom. The SMILES string of the molecule is Cc1nnc(CN=C(NCCc2cccs2)NCC2CC2)n1C. The lowest BCUT2D eigenvalue weighted by Gasteiger charge is -2.12. The van der Waals surface area contributed by atoms with E-state index < -0.39 is 0 Å². The van der Waals surface area contributed by atoms with Crippen LogP contribution in [0.1, 0.15) is 29.4 Å². The zero-order valence-electron chi connectivity index (χ0n) is 13.7. The zero-order valence-corrected chi connectivity index (χ0v) is 14.6. The number of hydrogen-bond donors (Lipinski definition) is 2. The van der Waals surface area contributed by atoms with Crippen molar-refractivity contribution in [1.29, 1.82) is 0 Å². The smallest absolute Gasteiger partial charge is 0.191 e. The molecule has 2 heterocycles. The van der Waals surface area contributed by atoms with Gasteiger partial charge in [-0.05, 0) is 43.6 Å². The first-order chi connectivity index (χ1) is 11.2. The van der Waals surface area contributed by atoms with Gasteiger partial charge in [-0.15, -0.1) is 21.5 Å². The van der Waals surface area contributed by atoms with Gasteiger partial charge in [0.25, 0.3) is 0 Å². The number of rotatable bonds is 7. The van der Waals surface area contributed by atoms with Crippen LogP contribution in [0.4, 0.5) is 0 Å². The van der Waals surface area contributed by atoms with Gasteiger partial charge in [-0.25, -0.2) is 4.99 Å². The molecule has 0 atom stereocenters. The topological polar surface area (TPSA) is 67.1 Å². The molecule has 1 fully saturated rings. The lowest BCUT2D eigenvalue weighted by atomic mass is 10.3. The highest BCUT2D eigenvalue weighted by Crippen LogP contribution is 2.27. The van der Waals surface area contributed by atoms with Crippen LogP contribution in [0.3, 0.4) is 0 Å². The van der Waals surface area contributed by atoms with Crippen molar-refractivity contribution >= 4 is 17.3 Å². The van der Waals surface area contributed by atoms with Crippen LogP contribution in [0.15, 0.2) is 22.5 Å². The van der Waals surface area contributed by atoms with Crippen LogP contribution >= 0.6 is 11.3 Å². The van der Waals surface area contributed by atoms with Crippen LogP contribution in [-0.2, 0) is 20.0 Å². The predicted octanol–water partition coefficient (Wildman–Crippen LogP) is 1.87. The van der Waals surface area contributed by atoms with Crippen LogP contribution in [0.2, 0.25) is 0 Å². The highest BCUT2D eigenvalue weighted by Gasteiger charge is 2.21. The molecule has 7 heteroatoms. The molecule has 0 radical (unpaired) electrons. The van der Waals surface area contributed by atoms with Crippen LogP contribution in [-0.4, -0.2) is 33.8 Å². The first kappa shape index (κ1) is 16.0. The van der Waals surface area contributed by atoms with Crippen LogP contribution in [0, 0.1) is 12.8 Å². The van der Waals surface area contributed by atoms with E-state index in [9.17, 15) is 0 Å². The summed E-state index contributed by atoms with van der Waals surface area (Å²) in [6, 6.07) is 4.26. The quantitative estimate of drug-likeness (QED) is 0.600. The van der Waals surface area contributed by atoms with Crippen molar-refractivity contribution in [3.63, 3.8) is 0 Å². The molecule has 2 aromatic rings. The summed E-state index contributed by atoms with van der Waals surface area (Å²) in [6.45, 7) is 4.37. The van der Waals surface area contributed by atoms with Gasteiger partial charge in [0, 0.05) is 25.0 Å². The Morgan fingerprint density at radius 3 is 2.91 bits per heavy atom. The van der Waals surface area contributed by atoms with Crippen molar-refractivity contribution in [2.45, 2.75) is 32.7 Å². The second kappa shape index (κ2) is 7.59. The van der Waals surface area contributed by atoms with Crippen molar-refractivity contribution in [3.8, 4) is 0 Å². The molecule has 6 nitrogen and oxygen atoms in total. The Kier molecular flexibility index (Phi) is 5.27. The first-order valence-electron chi connectivity index (χ1n) is 8.12. The Hall–Kier alpha value is -1.89. The molecule has 1 aliphatic carbocycles. The Balaban J connectivity index is 1.54. The average molecular weight is 332 g/mol. The van der Waals surface area contributed by atoms with Gasteiger partial charge >= 0.3 is 0 Å². The Bertz CT molecular complexity index is 642. The van der Waals surface area contributed by atoms with Crippen LogP contribution < -0.4 is 10.6 Å². The molecule has 1 aliphatic rings. The minimum absolute atomic E-state index is 0.538. The second-order valence-electron chi connectivity index (χ2n) is 5.97. The van der Waals surface area contributed by atoms with Gasteiger partial charge < -0.3 is 15.2 Å². The van der Waals surface area contributed by atoms with Gasteiger partial charge in [0.05, 0.1) is 0 Å². The molecule has 0 unspecified atom stereocenters. The van der Waals surface area contributed by atoms with E-state index in [0.717, 1.165) is 43.0 Å². The molecule has 2 N–H and O–H groups in total. The third kappa shape index (κ3) is 4.79. The van der Waals surface area contributed by atoms with Gasteiger partial charge in [0.15, 0.2) is 11.8 Å². The molecule has 0 saturated heterocycles. The summed E-state index contributed by atoms with van der Waals surface area (Å²) < 4.78 is 1.98. The maximum absolute atomic E-state index is 4.66. The molecule has 0 aliphatic heterocycles. The van der Waals surface area contributed by atoms with Gasteiger partial charge in [0.2, 0.25) is 0 Å². The fraction of sp³-hybridized carbons (Fsp3) is 0.562. The van der Waals surface area contributed by atoms with Crippen LogP contribution in [0.5, 0.6) is 0 Å². The van der Waals surface area contributed by atoms with Gasteiger partial charge in [-0.3, -0.25) is 0 Å². The van der Waals surface area contributed by atoms with Crippen molar-refractivity contribution < 1.29 is 0 Å². The molecule has 0 spiro atoms. The fourth-order valence-electron chi connectivity index (χ4n) is 2.23. The van der Waals surface area contributed by atoms with Crippen molar-refractivity contribution in [2.24, 2.45) is 18.0 Å². The standard InChI is InChI=1S/C16H24N6S/c1-12-20-21-15(22(12)2)11-19-16(18-10-13-5-6-13)17-8-7-14-4-3-9-23-14/h3-4,9,13H,5-8,10-11H2,1-2H3,(H2,17,18,19). The van der Waals surface area contributed by atoms with Gasteiger partial charge in [0.1, 0.15) is 12.4 Å². The highest BCUT2D eigenvalue weighted by atomic mass is 32.1. The van der Waals surface area contributed by atoms with E-state index in [4.69, 9.17) is 0 Å². The summed E-state index contributed by atoms with van der Waals surface area (Å²) in [5.41, 5.74) is 0. The van der Waals surface area contributed by atoms with Crippen LogP contribution in [0.25, 0.3) is 0 Å². The van der Waals surface area contributed by atoms with E-state index >= 15 is 0 Å². The number of aryl methyl sites for hydroxylation is 1. The third-order valence-corrected chi connectivity index (χ3v) is 5.00. The summed E-state index contributed by atoms with van der Waals surface area (Å²) >= 11 is 1.80. The minimum atomic E-state index is 0.538. The Morgan fingerprint density at radius 2 is 2.26 bits per heavy atom. The third-order valence-electron chi connectivity index (χ3n) is 4.06. The molecule has 3 rings (SSSR count). The number of guanidine groups is 1. The maximum Gasteiger partial charge on any atom is 0.191 e. The van der Waals surface area contributed by atoms with Gasteiger partial charge in [-0.2, -0.15) is 0 Å². The number of aliphatic imine (C=N–C) groups is 1. The minimum Gasteiger partial charge on any atom is -0.356 e. The number of thiophene rings is 1. The molecular weight excluding hydrogens is 308 g/mol. The van der Waals surface area contributed by atoms with E-state index in [1.54, 1.807) is 11.3 Å². The monoisotopic (exact) mass is 332 g/mol. The lowest BCUT2D eigenvalue weighted by Crippen LogP contribution is -2.39. The van der Waals surface area contributed by atoms with E-state index in [0.29, 0.717) is 6.54 Å². The average Bonchev–Trinajstić information content (AvgIpc) is 3.14. The van der Waals surface area contributed by atoms with Crippen molar-refractivity contribution in [1.82, 2.24) is 25.4 Å². The predicted molar refractivity (Wildman–Crippen MR) is 93.6 cm³/mol. The number of nitrogens with one attached hydrogen (secondary N) is 2. The molecule has 1 saturated carbocycles. The molecule has 124 valence electrons. The van der Waals surface area contributed by atoms with Crippen molar-refractivity contribution in [3.05, 3.63) is 34.0 Å². The number of hydrogen-bond acceptors (Lipinski definition) is 4. The normalized spacial score (nSPS) is 15.0. The van der Waals surface area contributed by atoms with Gasteiger partial charge in [-0.1, -0.05) is 6.07 Å². The largest absolute Gasteiger partial charge is 0.356 e. The summed E-state index contributed by atoms with van der Waals surface area (Å²) in [5, 5.41) is 17.2. The molecular formula is C16H24N6S. The number of nitrogens with zero attached hydrogens (tertiary/aromatic N) is 4. The highest BCUT2D eigenvalue weighted by molar-refractivity contribution is 7.09. The van der Waals surface area contributed by atoms with E-state index in [2.05, 4.69) is 43.3 Å². The maximum atomic E-state index is 4.66. The lowest BCUT2D eigenvalue weighted by molar-refractivity contribution is 0.719. The van der Waals surface area contributed by atoms with E-state index in [1.165, 1.54) is 17.7 Å². The molecule has 0 amide bonds. The summed E-state index contributed by atoms with van der Waals surface area (Å²) in [7, 11) is 1.97. The summed E-state index contributed by atoms with van der Waals surface area (Å²) in [5.74, 6) is 3.48. The van der Waals surface area contributed by atoms with E-state index in [-0.39, 0.29) is 0 Å². The molecule has 0 aromatic carbocycles. The molecule has 0 bridgehead atoms. The summed E-state index contributed by atoms with van der Waals surface area (Å²) in [6.07, 6.45) is 3.68. The summed E-state index contributed by atoms with van der Waals surface area (Å²) in [4.78, 5) is 6.05.